The molecule has 4 heteroatoms. The molecule has 0 amide bonds. The third kappa shape index (κ3) is 3.07. The Kier molecular flexibility index (Phi) is 4.30. The highest BCUT2D eigenvalue weighted by Crippen LogP contribution is 2.20. The summed E-state index contributed by atoms with van der Waals surface area (Å²) >= 11 is 0. The monoisotopic (exact) mass is 299 g/mol. The molecule has 0 bridgehead atoms. The van der Waals surface area contributed by atoms with Crippen LogP contribution in [-0.2, 0) is 6.54 Å². The summed E-state index contributed by atoms with van der Waals surface area (Å²) in [5.74, 6) is 0.540. The summed E-state index contributed by atoms with van der Waals surface area (Å²) in [5, 5.41) is 0.735. The van der Waals surface area contributed by atoms with Gasteiger partial charge in [-0.15, -0.1) is 0 Å². The Balaban J connectivity index is 1.85. The van der Waals surface area contributed by atoms with E-state index in [-0.39, 0.29) is 5.56 Å². The van der Waals surface area contributed by atoms with E-state index in [1.54, 1.807) is 10.9 Å². The third-order valence-corrected chi connectivity index (χ3v) is 4.72. The van der Waals surface area contributed by atoms with Crippen molar-refractivity contribution in [3.63, 3.8) is 0 Å². The van der Waals surface area contributed by atoms with Crippen molar-refractivity contribution in [2.45, 2.75) is 46.2 Å². The van der Waals surface area contributed by atoms with E-state index in [0.29, 0.717) is 12.0 Å². The Morgan fingerprint density at radius 3 is 2.95 bits per heavy atom. The molecule has 0 saturated carbocycles. The van der Waals surface area contributed by atoms with Crippen LogP contribution in [0.5, 0.6) is 0 Å². The lowest BCUT2D eigenvalue weighted by Crippen LogP contribution is -2.42. The highest BCUT2D eigenvalue weighted by Gasteiger charge is 2.22. The summed E-state index contributed by atoms with van der Waals surface area (Å²) in [5.41, 5.74) is 1.99. The number of rotatable bonds is 3. The summed E-state index contributed by atoms with van der Waals surface area (Å²) in [7, 11) is 0. The van der Waals surface area contributed by atoms with Gasteiger partial charge in [0.15, 0.2) is 0 Å². The lowest BCUT2D eigenvalue weighted by Gasteiger charge is -2.35. The predicted octanol–water partition coefficient (Wildman–Crippen LogP) is 2.83. The van der Waals surface area contributed by atoms with E-state index in [2.05, 4.69) is 23.7 Å². The van der Waals surface area contributed by atoms with Gasteiger partial charge in [-0.1, -0.05) is 11.6 Å². The van der Waals surface area contributed by atoms with Crippen LogP contribution in [-0.4, -0.2) is 33.6 Å². The molecule has 1 aliphatic heterocycles. The number of fused-ring (bicyclic) bond motifs is 1. The fourth-order valence-electron chi connectivity index (χ4n) is 3.40. The smallest absolute Gasteiger partial charge is 0.261 e. The second-order valence-electron chi connectivity index (χ2n) is 6.82. The van der Waals surface area contributed by atoms with Gasteiger partial charge in [0.05, 0.1) is 17.2 Å². The summed E-state index contributed by atoms with van der Waals surface area (Å²) in [6.07, 6.45) is 4.13. The van der Waals surface area contributed by atoms with Gasteiger partial charge in [-0.3, -0.25) is 9.36 Å². The van der Waals surface area contributed by atoms with Crippen molar-refractivity contribution in [3.8, 4) is 0 Å². The zero-order chi connectivity index (χ0) is 15.7. The van der Waals surface area contributed by atoms with Crippen LogP contribution in [0.4, 0.5) is 0 Å². The minimum atomic E-state index is 0.0929. The Hall–Kier alpha value is -1.68. The quantitative estimate of drug-likeness (QED) is 0.874. The molecule has 0 aliphatic carbocycles. The number of hydrogen-bond donors (Lipinski definition) is 0. The fraction of sp³-hybridized carbons (Fsp3) is 0.556. The van der Waals surface area contributed by atoms with Crippen molar-refractivity contribution in [1.82, 2.24) is 14.5 Å². The largest absolute Gasteiger partial charge is 0.301 e. The molecule has 1 unspecified atom stereocenters. The van der Waals surface area contributed by atoms with Gasteiger partial charge in [-0.25, -0.2) is 4.98 Å². The molecule has 1 fully saturated rings. The number of aromatic nitrogens is 2. The number of piperidine rings is 1. The first-order valence-corrected chi connectivity index (χ1v) is 8.24. The molecule has 4 nitrogen and oxygen atoms in total. The molecule has 0 spiro atoms. The Bertz CT molecular complexity index is 720. The lowest BCUT2D eigenvalue weighted by molar-refractivity contribution is 0.130. The highest BCUT2D eigenvalue weighted by atomic mass is 16.1. The maximum Gasteiger partial charge on any atom is 0.261 e. The van der Waals surface area contributed by atoms with Gasteiger partial charge in [-0.05, 0) is 58.2 Å². The average Bonchev–Trinajstić information content (AvgIpc) is 2.51. The first-order valence-electron chi connectivity index (χ1n) is 8.24. The van der Waals surface area contributed by atoms with Gasteiger partial charge in [0, 0.05) is 19.1 Å². The third-order valence-electron chi connectivity index (χ3n) is 4.72. The normalized spacial score (nSPS) is 19.9. The fourth-order valence-corrected chi connectivity index (χ4v) is 3.40. The van der Waals surface area contributed by atoms with Crippen LogP contribution in [0.25, 0.3) is 10.9 Å². The molecule has 118 valence electrons. The minimum absolute atomic E-state index is 0.0929. The van der Waals surface area contributed by atoms with Crippen LogP contribution >= 0.6 is 0 Å². The minimum Gasteiger partial charge on any atom is -0.301 e. The van der Waals surface area contributed by atoms with E-state index < -0.39 is 0 Å². The molecule has 1 atom stereocenters. The van der Waals surface area contributed by atoms with Crippen molar-refractivity contribution in [2.24, 2.45) is 5.92 Å². The number of benzene rings is 1. The van der Waals surface area contributed by atoms with Gasteiger partial charge in [0.1, 0.15) is 0 Å². The summed E-state index contributed by atoms with van der Waals surface area (Å²) in [4.78, 5) is 19.6. The standard InChI is InChI=1S/C18H25N3O/c1-13(2)20-8-4-5-15(10-20)11-21-12-19-17-7-6-14(3)9-16(17)18(21)22/h6-7,9,12-13,15H,4-5,8,10-11H2,1-3H3. The maximum atomic E-state index is 12.7. The van der Waals surface area contributed by atoms with Crippen molar-refractivity contribution >= 4 is 10.9 Å². The van der Waals surface area contributed by atoms with Crippen molar-refractivity contribution < 1.29 is 0 Å². The number of nitrogens with zero attached hydrogens (tertiary/aromatic N) is 3. The van der Waals surface area contributed by atoms with Gasteiger partial charge in [0.25, 0.3) is 5.56 Å². The molecule has 0 N–H and O–H groups in total. The highest BCUT2D eigenvalue weighted by molar-refractivity contribution is 5.77. The van der Waals surface area contributed by atoms with E-state index in [9.17, 15) is 4.79 Å². The van der Waals surface area contributed by atoms with Crippen LogP contribution in [0.15, 0.2) is 29.3 Å². The van der Waals surface area contributed by atoms with E-state index in [0.717, 1.165) is 29.6 Å². The van der Waals surface area contributed by atoms with E-state index in [1.807, 2.05) is 25.1 Å². The molecule has 22 heavy (non-hydrogen) atoms. The van der Waals surface area contributed by atoms with Crippen LogP contribution in [0.3, 0.4) is 0 Å². The molecule has 1 saturated heterocycles. The first kappa shape index (κ1) is 15.2. The molecule has 1 aliphatic rings. The Labute approximate surface area is 131 Å². The molecular weight excluding hydrogens is 274 g/mol. The van der Waals surface area contributed by atoms with Gasteiger partial charge in [0.2, 0.25) is 0 Å². The van der Waals surface area contributed by atoms with Crippen molar-refractivity contribution in [2.75, 3.05) is 13.1 Å². The molecule has 3 rings (SSSR count). The topological polar surface area (TPSA) is 38.1 Å². The van der Waals surface area contributed by atoms with E-state index in [4.69, 9.17) is 0 Å². The van der Waals surface area contributed by atoms with Crippen molar-refractivity contribution in [1.29, 1.82) is 0 Å². The average molecular weight is 299 g/mol. The van der Waals surface area contributed by atoms with Crippen LogP contribution < -0.4 is 5.56 Å². The van der Waals surface area contributed by atoms with Gasteiger partial charge < -0.3 is 4.90 Å². The second-order valence-corrected chi connectivity index (χ2v) is 6.82. The van der Waals surface area contributed by atoms with Gasteiger partial charge in [-0.2, -0.15) is 0 Å². The first-order chi connectivity index (χ1) is 10.5. The molecule has 1 aromatic carbocycles. The van der Waals surface area contributed by atoms with E-state index in [1.165, 1.54) is 19.4 Å². The van der Waals surface area contributed by atoms with Crippen molar-refractivity contribution in [3.05, 3.63) is 40.4 Å². The Morgan fingerprint density at radius 1 is 1.36 bits per heavy atom. The van der Waals surface area contributed by atoms with Crippen LogP contribution in [0.2, 0.25) is 0 Å². The van der Waals surface area contributed by atoms with Gasteiger partial charge >= 0.3 is 0 Å². The number of hydrogen-bond acceptors (Lipinski definition) is 3. The molecule has 0 radical (unpaired) electrons. The van der Waals surface area contributed by atoms with Crippen LogP contribution in [0.1, 0.15) is 32.3 Å². The van der Waals surface area contributed by atoms with E-state index >= 15 is 0 Å². The molecule has 1 aromatic heterocycles. The molecule has 2 heterocycles. The zero-order valence-electron chi connectivity index (χ0n) is 13.7. The summed E-state index contributed by atoms with van der Waals surface area (Å²) in [6, 6.07) is 6.46. The number of aryl methyl sites for hydroxylation is 1. The second kappa shape index (κ2) is 6.21. The zero-order valence-corrected chi connectivity index (χ0v) is 13.7. The predicted molar refractivity (Wildman–Crippen MR) is 90.2 cm³/mol. The lowest BCUT2D eigenvalue weighted by atomic mass is 9.97. The molecular formula is C18H25N3O. The number of likely N-dealkylation sites (tertiary alicyclic amines) is 1. The SMILES string of the molecule is Cc1ccc2ncn(CC3CCCN(C(C)C)C3)c(=O)c2c1. The summed E-state index contributed by atoms with van der Waals surface area (Å²) < 4.78 is 1.80. The molecule has 2 aromatic rings. The maximum absolute atomic E-state index is 12.7. The Morgan fingerprint density at radius 2 is 2.18 bits per heavy atom. The van der Waals surface area contributed by atoms with Crippen LogP contribution in [0, 0.1) is 12.8 Å². The summed E-state index contributed by atoms with van der Waals surface area (Å²) in [6.45, 7) is 9.54.